The maximum Gasteiger partial charge on any atom is 0.295 e. The lowest BCUT2D eigenvalue weighted by atomic mass is 9.77. The maximum absolute atomic E-state index is 14.2. The van der Waals surface area contributed by atoms with Crippen molar-refractivity contribution in [2.75, 3.05) is 4.90 Å². The molecule has 1 amide bonds. The lowest BCUT2D eigenvalue weighted by Crippen LogP contribution is -2.55. The number of phenols is 1. The van der Waals surface area contributed by atoms with Crippen molar-refractivity contribution in [2.24, 2.45) is 5.92 Å². The molecule has 3 atom stereocenters. The molecule has 0 unspecified atom stereocenters. The van der Waals surface area contributed by atoms with Gasteiger partial charge in [0.1, 0.15) is 16.5 Å². The molecule has 200 valence electrons. The monoisotopic (exact) mass is 547 g/mol. The second-order valence-corrected chi connectivity index (χ2v) is 10.8. The SMILES string of the molecule is O=C1[C@H](CC[C@H](O)c2ccccc2F)[C@@H](c2ccc(-c3ccccc3S(=O)(=O)O)cc2O)N1c1ccccc1. The number of carbonyl (C=O) groups excluding carboxylic acids is 1. The topological polar surface area (TPSA) is 115 Å². The van der Waals surface area contributed by atoms with Gasteiger partial charge in [-0.1, -0.05) is 66.7 Å². The summed E-state index contributed by atoms with van der Waals surface area (Å²) in [6.45, 7) is 0. The fourth-order valence-electron chi connectivity index (χ4n) is 5.19. The number of carbonyl (C=O) groups is 1. The van der Waals surface area contributed by atoms with Gasteiger partial charge in [-0.25, -0.2) is 4.39 Å². The van der Waals surface area contributed by atoms with Crippen molar-refractivity contribution in [1.82, 2.24) is 0 Å². The molecule has 4 aromatic rings. The van der Waals surface area contributed by atoms with Gasteiger partial charge in [-0.05, 0) is 48.7 Å². The van der Waals surface area contributed by atoms with E-state index in [9.17, 15) is 32.4 Å². The molecule has 4 aromatic carbocycles. The molecule has 39 heavy (non-hydrogen) atoms. The molecular formula is C30H26FNO6S. The molecule has 1 saturated heterocycles. The third kappa shape index (κ3) is 5.16. The molecule has 1 heterocycles. The van der Waals surface area contributed by atoms with Crippen molar-refractivity contribution in [3.05, 3.63) is 114 Å². The van der Waals surface area contributed by atoms with Gasteiger partial charge in [0.05, 0.1) is 18.1 Å². The number of hydrogen-bond donors (Lipinski definition) is 3. The predicted octanol–water partition coefficient (Wildman–Crippen LogP) is 5.66. The quantitative estimate of drug-likeness (QED) is 0.194. The minimum atomic E-state index is -4.50. The van der Waals surface area contributed by atoms with E-state index in [0.29, 0.717) is 16.8 Å². The number of phenolic OH excluding ortho intramolecular Hbond substituents is 1. The molecule has 0 spiro atoms. The van der Waals surface area contributed by atoms with Crippen molar-refractivity contribution < 1.29 is 32.4 Å². The number of para-hydroxylation sites is 1. The van der Waals surface area contributed by atoms with Gasteiger partial charge in [0.2, 0.25) is 5.91 Å². The first-order chi connectivity index (χ1) is 18.7. The van der Waals surface area contributed by atoms with Crippen LogP contribution in [0.2, 0.25) is 0 Å². The summed E-state index contributed by atoms with van der Waals surface area (Å²) in [6.07, 6.45) is -0.718. The van der Waals surface area contributed by atoms with E-state index in [1.54, 1.807) is 53.4 Å². The van der Waals surface area contributed by atoms with E-state index in [0.717, 1.165) is 0 Å². The van der Waals surface area contributed by atoms with Crippen molar-refractivity contribution in [3.8, 4) is 16.9 Å². The highest BCUT2D eigenvalue weighted by Gasteiger charge is 2.49. The third-order valence-corrected chi connectivity index (χ3v) is 8.00. The van der Waals surface area contributed by atoms with Crippen LogP contribution in [0.15, 0.2) is 102 Å². The zero-order chi connectivity index (χ0) is 27.7. The molecule has 0 radical (unpaired) electrons. The minimum absolute atomic E-state index is 0.136. The lowest BCUT2D eigenvalue weighted by molar-refractivity contribution is -0.131. The Morgan fingerprint density at radius 3 is 2.26 bits per heavy atom. The number of hydrogen-bond acceptors (Lipinski definition) is 5. The molecule has 5 rings (SSSR count). The number of anilines is 1. The van der Waals surface area contributed by atoms with Crippen LogP contribution in [-0.2, 0) is 14.9 Å². The highest BCUT2D eigenvalue weighted by Crippen LogP contribution is 2.49. The maximum atomic E-state index is 14.2. The first kappa shape index (κ1) is 26.6. The predicted molar refractivity (Wildman–Crippen MR) is 144 cm³/mol. The molecule has 0 aliphatic carbocycles. The Balaban J connectivity index is 1.48. The van der Waals surface area contributed by atoms with Crippen molar-refractivity contribution >= 4 is 21.7 Å². The molecule has 0 saturated carbocycles. The van der Waals surface area contributed by atoms with Crippen LogP contribution in [0.5, 0.6) is 5.75 Å². The Bertz CT molecular complexity index is 1630. The second-order valence-electron chi connectivity index (χ2n) is 9.45. The average molecular weight is 548 g/mol. The van der Waals surface area contributed by atoms with E-state index < -0.39 is 34.0 Å². The Kier molecular flexibility index (Phi) is 7.22. The van der Waals surface area contributed by atoms with Crippen LogP contribution in [0.4, 0.5) is 10.1 Å². The van der Waals surface area contributed by atoms with E-state index in [4.69, 9.17) is 0 Å². The van der Waals surface area contributed by atoms with E-state index in [-0.39, 0.29) is 40.5 Å². The van der Waals surface area contributed by atoms with E-state index in [1.165, 1.54) is 42.5 Å². The molecule has 1 fully saturated rings. The normalized spacial score (nSPS) is 18.0. The Morgan fingerprint density at radius 2 is 1.56 bits per heavy atom. The van der Waals surface area contributed by atoms with Crippen LogP contribution in [0.1, 0.15) is 36.1 Å². The molecule has 0 bridgehead atoms. The number of benzene rings is 4. The van der Waals surface area contributed by atoms with E-state index in [2.05, 4.69) is 0 Å². The molecule has 1 aliphatic heterocycles. The zero-order valence-electron chi connectivity index (χ0n) is 20.7. The standard InChI is InChI=1S/C30H26FNO6S/c31-25-12-6-4-11-22(25)26(33)17-16-24-29(32(30(24)35)20-8-2-1-3-9-20)23-15-14-19(18-27(23)34)21-10-5-7-13-28(21)39(36,37)38/h1-15,18,24,26,29,33-34H,16-17H2,(H,36,37,38)/t24-,26+,29-/m1/s1. The van der Waals surface area contributed by atoms with Gasteiger partial charge in [0.25, 0.3) is 10.1 Å². The van der Waals surface area contributed by atoms with E-state index in [1.807, 2.05) is 6.07 Å². The smallest absolute Gasteiger partial charge is 0.295 e. The highest BCUT2D eigenvalue weighted by atomic mass is 32.2. The highest BCUT2D eigenvalue weighted by molar-refractivity contribution is 7.86. The van der Waals surface area contributed by atoms with Gasteiger partial charge in [-0.15, -0.1) is 0 Å². The summed E-state index contributed by atoms with van der Waals surface area (Å²) < 4.78 is 47.6. The summed E-state index contributed by atoms with van der Waals surface area (Å²) in [6, 6.07) is 24.9. The fraction of sp³-hybridized carbons (Fsp3) is 0.167. The summed E-state index contributed by atoms with van der Waals surface area (Å²) in [7, 11) is -4.50. The first-order valence-corrected chi connectivity index (χ1v) is 13.8. The summed E-state index contributed by atoms with van der Waals surface area (Å²) in [5.74, 6) is -1.46. The largest absolute Gasteiger partial charge is 0.508 e. The van der Waals surface area contributed by atoms with Gasteiger partial charge in [-0.3, -0.25) is 9.35 Å². The molecule has 3 N–H and O–H groups in total. The van der Waals surface area contributed by atoms with Crippen molar-refractivity contribution in [3.63, 3.8) is 0 Å². The van der Waals surface area contributed by atoms with Gasteiger partial charge < -0.3 is 15.1 Å². The van der Waals surface area contributed by atoms with Gasteiger partial charge >= 0.3 is 0 Å². The van der Waals surface area contributed by atoms with Crippen LogP contribution >= 0.6 is 0 Å². The zero-order valence-corrected chi connectivity index (χ0v) is 21.5. The number of aliphatic hydroxyl groups excluding tert-OH is 1. The van der Waals surface area contributed by atoms with Crippen LogP contribution in [0.3, 0.4) is 0 Å². The van der Waals surface area contributed by atoms with E-state index >= 15 is 0 Å². The number of amides is 1. The van der Waals surface area contributed by atoms with Crippen LogP contribution in [0.25, 0.3) is 11.1 Å². The Labute approximate surface area is 225 Å². The number of halogens is 1. The number of β-lactam (4-membered cyclic amide) rings is 1. The Hall–Kier alpha value is -4.05. The number of nitrogens with zero attached hydrogens (tertiary/aromatic N) is 1. The summed E-state index contributed by atoms with van der Waals surface area (Å²) in [5, 5.41) is 21.7. The summed E-state index contributed by atoms with van der Waals surface area (Å²) >= 11 is 0. The lowest BCUT2D eigenvalue weighted by Gasteiger charge is -2.48. The molecular weight excluding hydrogens is 521 g/mol. The molecule has 1 aliphatic rings. The first-order valence-electron chi connectivity index (χ1n) is 12.4. The average Bonchev–Trinajstić information content (AvgIpc) is 2.92. The van der Waals surface area contributed by atoms with Crippen molar-refractivity contribution in [1.29, 1.82) is 0 Å². The van der Waals surface area contributed by atoms with Gasteiger partial charge in [-0.2, -0.15) is 8.42 Å². The van der Waals surface area contributed by atoms with Crippen LogP contribution in [-0.4, -0.2) is 29.1 Å². The summed E-state index contributed by atoms with van der Waals surface area (Å²) in [5.41, 5.74) is 1.82. The number of aliphatic hydroxyl groups is 1. The number of aromatic hydroxyl groups is 1. The molecule has 0 aromatic heterocycles. The Morgan fingerprint density at radius 1 is 0.897 bits per heavy atom. The minimum Gasteiger partial charge on any atom is -0.508 e. The van der Waals surface area contributed by atoms with Gasteiger partial charge in [0.15, 0.2) is 0 Å². The van der Waals surface area contributed by atoms with Crippen molar-refractivity contribution in [2.45, 2.75) is 29.9 Å². The third-order valence-electron chi connectivity index (χ3n) is 7.09. The second kappa shape index (κ2) is 10.6. The summed E-state index contributed by atoms with van der Waals surface area (Å²) in [4.78, 5) is 14.6. The fourth-order valence-corrected chi connectivity index (χ4v) is 5.91. The van der Waals surface area contributed by atoms with Crippen LogP contribution in [0, 0.1) is 11.7 Å². The van der Waals surface area contributed by atoms with Crippen LogP contribution < -0.4 is 4.90 Å². The van der Waals surface area contributed by atoms with Gasteiger partial charge in [0, 0.05) is 22.4 Å². The molecule has 7 nitrogen and oxygen atoms in total. The molecule has 9 heteroatoms. The number of rotatable bonds is 8.